The van der Waals surface area contributed by atoms with E-state index in [-0.39, 0.29) is 18.1 Å². The number of hydrogen-bond acceptors (Lipinski definition) is 2. The second kappa shape index (κ2) is 4.58. The number of aliphatic hydroxyl groups is 2. The van der Waals surface area contributed by atoms with Crippen molar-refractivity contribution in [3.05, 3.63) is 23.3 Å². The highest BCUT2D eigenvalue weighted by atomic mass is 16.3. The Morgan fingerprint density at radius 3 is 2.82 bits per heavy atom. The highest BCUT2D eigenvalue weighted by Crippen LogP contribution is 2.53. The zero-order chi connectivity index (χ0) is 12.6. The van der Waals surface area contributed by atoms with E-state index in [1.54, 1.807) is 0 Å². The van der Waals surface area contributed by atoms with Crippen LogP contribution in [-0.2, 0) is 0 Å². The second-order valence-corrected chi connectivity index (χ2v) is 6.02. The van der Waals surface area contributed by atoms with Gasteiger partial charge in [-0.15, -0.1) is 0 Å². The van der Waals surface area contributed by atoms with E-state index in [1.165, 1.54) is 11.1 Å². The summed E-state index contributed by atoms with van der Waals surface area (Å²) in [6.07, 6.45) is 4.65. The first-order chi connectivity index (χ1) is 7.99. The summed E-state index contributed by atoms with van der Waals surface area (Å²) in [6.45, 7) is 8.58. The van der Waals surface area contributed by atoms with Gasteiger partial charge in [-0.3, -0.25) is 0 Å². The summed E-state index contributed by atoms with van der Waals surface area (Å²) in [6, 6.07) is 0. The van der Waals surface area contributed by atoms with Crippen molar-refractivity contribution in [2.75, 3.05) is 6.61 Å². The van der Waals surface area contributed by atoms with Crippen LogP contribution in [0.15, 0.2) is 23.3 Å². The van der Waals surface area contributed by atoms with Crippen LogP contribution in [0.4, 0.5) is 0 Å². The fraction of sp³-hybridized carbons (Fsp3) is 0.733. The van der Waals surface area contributed by atoms with Gasteiger partial charge < -0.3 is 10.2 Å². The molecule has 0 bridgehead atoms. The molecule has 0 heterocycles. The first-order valence-electron chi connectivity index (χ1n) is 6.63. The van der Waals surface area contributed by atoms with Crippen molar-refractivity contribution in [2.24, 2.45) is 11.3 Å². The van der Waals surface area contributed by atoms with Crippen molar-refractivity contribution in [1.82, 2.24) is 0 Å². The molecule has 0 aromatic rings. The highest BCUT2D eigenvalue weighted by molar-refractivity contribution is 5.24. The summed E-state index contributed by atoms with van der Waals surface area (Å²) in [5.74, 6) is 0.400. The van der Waals surface area contributed by atoms with Gasteiger partial charge in [0.2, 0.25) is 0 Å². The fourth-order valence-corrected chi connectivity index (χ4v) is 3.51. The Morgan fingerprint density at radius 1 is 1.47 bits per heavy atom. The Bertz CT molecular complexity index is 356. The maximum Gasteiger partial charge on any atom is 0.0641 e. The molecule has 0 saturated heterocycles. The molecule has 0 aliphatic heterocycles. The summed E-state index contributed by atoms with van der Waals surface area (Å²) < 4.78 is 0. The molecule has 3 atom stereocenters. The minimum atomic E-state index is -0.186. The van der Waals surface area contributed by atoms with Crippen molar-refractivity contribution in [2.45, 2.75) is 52.1 Å². The third-order valence-electron chi connectivity index (χ3n) is 5.05. The molecule has 2 fully saturated rings. The Labute approximate surface area is 104 Å². The Morgan fingerprint density at radius 2 is 2.18 bits per heavy atom. The largest absolute Gasteiger partial charge is 0.393 e. The van der Waals surface area contributed by atoms with Gasteiger partial charge in [0, 0.05) is 5.41 Å². The van der Waals surface area contributed by atoms with E-state index in [0.29, 0.717) is 5.92 Å². The molecule has 0 aromatic carbocycles. The number of rotatable bonds is 1. The molecule has 2 saturated carbocycles. The van der Waals surface area contributed by atoms with Crippen LogP contribution in [0.25, 0.3) is 0 Å². The SMILES string of the molecule is C=C1CC[C@H](O)[C@@]2(C)CC/C(=C(\C)CO)C[C@H]12. The van der Waals surface area contributed by atoms with Crippen LogP contribution in [0.5, 0.6) is 0 Å². The van der Waals surface area contributed by atoms with E-state index in [2.05, 4.69) is 13.5 Å². The zero-order valence-corrected chi connectivity index (χ0v) is 11.0. The number of fused-ring (bicyclic) bond motifs is 1. The third kappa shape index (κ3) is 2.09. The summed E-state index contributed by atoms with van der Waals surface area (Å²) in [7, 11) is 0. The quantitative estimate of drug-likeness (QED) is 0.687. The van der Waals surface area contributed by atoms with Crippen molar-refractivity contribution < 1.29 is 10.2 Å². The van der Waals surface area contributed by atoms with E-state index in [4.69, 9.17) is 0 Å². The summed E-state index contributed by atoms with van der Waals surface area (Å²) in [4.78, 5) is 0. The van der Waals surface area contributed by atoms with Crippen LogP contribution < -0.4 is 0 Å². The molecule has 2 N–H and O–H groups in total. The first kappa shape index (κ1) is 12.8. The first-order valence-corrected chi connectivity index (χ1v) is 6.63. The van der Waals surface area contributed by atoms with E-state index >= 15 is 0 Å². The molecule has 2 rings (SSSR count). The van der Waals surface area contributed by atoms with Crippen LogP contribution in [-0.4, -0.2) is 22.9 Å². The smallest absolute Gasteiger partial charge is 0.0641 e. The number of allylic oxidation sites excluding steroid dienone is 2. The van der Waals surface area contributed by atoms with Crippen molar-refractivity contribution >= 4 is 0 Å². The lowest BCUT2D eigenvalue weighted by atomic mass is 9.56. The van der Waals surface area contributed by atoms with Crippen LogP contribution in [0.1, 0.15) is 46.0 Å². The second-order valence-electron chi connectivity index (χ2n) is 6.02. The van der Waals surface area contributed by atoms with Gasteiger partial charge in [-0.1, -0.05) is 24.6 Å². The van der Waals surface area contributed by atoms with Crippen molar-refractivity contribution in [3.8, 4) is 0 Å². The topological polar surface area (TPSA) is 40.5 Å². The fourth-order valence-electron chi connectivity index (χ4n) is 3.51. The third-order valence-corrected chi connectivity index (χ3v) is 5.05. The molecule has 0 spiro atoms. The van der Waals surface area contributed by atoms with Gasteiger partial charge in [0.1, 0.15) is 0 Å². The molecule has 2 aliphatic carbocycles. The Hall–Kier alpha value is -0.600. The molecular weight excluding hydrogens is 212 g/mol. The van der Waals surface area contributed by atoms with Gasteiger partial charge in [-0.25, -0.2) is 0 Å². The minimum Gasteiger partial charge on any atom is -0.393 e. The summed E-state index contributed by atoms with van der Waals surface area (Å²) in [5.41, 5.74) is 3.79. The summed E-state index contributed by atoms with van der Waals surface area (Å²) >= 11 is 0. The Kier molecular flexibility index (Phi) is 3.46. The van der Waals surface area contributed by atoms with Crippen molar-refractivity contribution in [3.63, 3.8) is 0 Å². The maximum atomic E-state index is 10.3. The van der Waals surface area contributed by atoms with Gasteiger partial charge in [0.15, 0.2) is 0 Å². The molecule has 0 amide bonds. The van der Waals surface area contributed by atoms with Gasteiger partial charge >= 0.3 is 0 Å². The van der Waals surface area contributed by atoms with E-state index in [1.807, 2.05) is 6.92 Å². The number of aliphatic hydroxyl groups excluding tert-OH is 2. The summed E-state index contributed by atoms with van der Waals surface area (Å²) in [5, 5.41) is 19.5. The average Bonchev–Trinajstić information content (AvgIpc) is 2.33. The predicted molar refractivity (Wildman–Crippen MR) is 69.6 cm³/mol. The Balaban J connectivity index is 2.27. The van der Waals surface area contributed by atoms with Crippen LogP contribution in [0.2, 0.25) is 0 Å². The van der Waals surface area contributed by atoms with Gasteiger partial charge in [-0.2, -0.15) is 0 Å². The van der Waals surface area contributed by atoms with Crippen molar-refractivity contribution in [1.29, 1.82) is 0 Å². The average molecular weight is 236 g/mol. The van der Waals surface area contributed by atoms with Gasteiger partial charge in [0.25, 0.3) is 0 Å². The lowest BCUT2D eigenvalue weighted by Gasteiger charge is -2.50. The predicted octanol–water partition coefficient (Wildman–Crippen LogP) is 2.81. The lowest BCUT2D eigenvalue weighted by molar-refractivity contribution is -0.0341. The highest BCUT2D eigenvalue weighted by Gasteiger charge is 2.47. The maximum absolute atomic E-state index is 10.3. The molecular formula is C15H24O2. The monoisotopic (exact) mass is 236 g/mol. The molecule has 96 valence electrons. The zero-order valence-electron chi connectivity index (χ0n) is 11.0. The van der Waals surface area contributed by atoms with E-state index in [9.17, 15) is 10.2 Å². The standard InChI is InChI=1S/C15H24O2/c1-10-4-5-14(17)15(3)7-6-12(8-13(10)15)11(2)9-16/h13-14,16-17H,1,4-9H2,2-3H3/b12-11-/t13-,14+,15+/m1/s1. The van der Waals surface area contributed by atoms with E-state index in [0.717, 1.165) is 37.7 Å². The minimum absolute atomic E-state index is 0.00850. The van der Waals surface area contributed by atoms with Gasteiger partial charge in [0.05, 0.1) is 12.7 Å². The molecule has 0 aromatic heterocycles. The van der Waals surface area contributed by atoms with E-state index < -0.39 is 0 Å². The lowest BCUT2D eigenvalue weighted by Crippen LogP contribution is -2.46. The molecule has 0 unspecified atom stereocenters. The van der Waals surface area contributed by atoms with Crippen LogP contribution >= 0.6 is 0 Å². The molecule has 2 aliphatic rings. The van der Waals surface area contributed by atoms with Gasteiger partial charge in [-0.05, 0) is 50.5 Å². The molecule has 2 heteroatoms. The van der Waals surface area contributed by atoms with Crippen LogP contribution in [0.3, 0.4) is 0 Å². The number of hydrogen-bond donors (Lipinski definition) is 2. The molecule has 0 radical (unpaired) electrons. The normalized spacial score (nSPS) is 41.1. The molecule has 2 nitrogen and oxygen atoms in total. The van der Waals surface area contributed by atoms with Crippen LogP contribution in [0, 0.1) is 11.3 Å². The molecule has 17 heavy (non-hydrogen) atoms.